The van der Waals surface area contributed by atoms with Gasteiger partial charge in [0.2, 0.25) is 5.91 Å². The minimum atomic E-state index is -0.792. The highest BCUT2D eigenvalue weighted by molar-refractivity contribution is 5.98. The molecule has 0 spiro atoms. The quantitative estimate of drug-likeness (QED) is 0.896. The van der Waals surface area contributed by atoms with E-state index in [4.69, 9.17) is 0 Å². The molecule has 0 aromatic heterocycles. The van der Waals surface area contributed by atoms with E-state index in [0.29, 0.717) is 18.5 Å². The van der Waals surface area contributed by atoms with Crippen LogP contribution in [0.15, 0.2) is 48.5 Å². The highest BCUT2D eigenvalue weighted by Crippen LogP contribution is 2.28. The second-order valence-electron chi connectivity index (χ2n) is 6.04. The minimum Gasteiger partial charge on any atom is -0.508 e. The zero-order valence-electron chi connectivity index (χ0n) is 13.6. The Bertz CT molecular complexity index is 759. The molecule has 1 aliphatic heterocycles. The molecule has 2 N–H and O–H groups in total. The first-order valence-corrected chi connectivity index (χ1v) is 8.19. The number of halogens is 1. The molecule has 3 rings (SSSR count). The molecule has 1 aliphatic rings. The number of phenolic OH excluding ortho intramolecular Hbond substituents is 1. The van der Waals surface area contributed by atoms with Gasteiger partial charge in [0.05, 0.1) is 0 Å². The lowest BCUT2D eigenvalue weighted by Gasteiger charge is -2.34. The molecular formula is C19H19FN2O3. The van der Waals surface area contributed by atoms with Crippen molar-refractivity contribution in [1.29, 1.82) is 0 Å². The minimum absolute atomic E-state index is 0.0719. The molecule has 1 heterocycles. The molecule has 5 nitrogen and oxygen atoms in total. The maximum Gasteiger partial charge on any atom is 0.251 e. The summed E-state index contributed by atoms with van der Waals surface area (Å²) in [5.74, 6) is -1.44. The van der Waals surface area contributed by atoms with Gasteiger partial charge in [-0.2, -0.15) is 0 Å². The van der Waals surface area contributed by atoms with E-state index in [9.17, 15) is 19.1 Å². The van der Waals surface area contributed by atoms with Gasteiger partial charge in [-0.15, -0.1) is 0 Å². The number of hydrogen-bond donors (Lipinski definition) is 2. The topological polar surface area (TPSA) is 69.6 Å². The summed E-state index contributed by atoms with van der Waals surface area (Å²) in [4.78, 5) is 26.8. The maximum atomic E-state index is 13.4. The van der Waals surface area contributed by atoms with E-state index in [0.717, 1.165) is 25.0 Å². The van der Waals surface area contributed by atoms with Crippen LogP contribution in [0.5, 0.6) is 5.75 Å². The largest absolute Gasteiger partial charge is 0.508 e. The van der Waals surface area contributed by atoms with E-state index < -0.39 is 17.8 Å². The fourth-order valence-electron chi connectivity index (χ4n) is 3.06. The number of aromatic hydroxyl groups is 1. The lowest BCUT2D eigenvalue weighted by Crippen LogP contribution is -2.43. The molecule has 6 heteroatoms. The third kappa shape index (κ3) is 3.96. The lowest BCUT2D eigenvalue weighted by atomic mass is 10.0. The van der Waals surface area contributed by atoms with Crippen LogP contribution < -0.4 is 5.32 Å². The van der Waals surface area contributed by atoms with Crippen molar-refractivity contribution in [1.82, 2.24) is 4.90 Å². The Hall–Kier alpha value is -2.89. The maximum absolute atomic E-state index is 13.4. The van der Waals surface area contributed by atoms with Crippen molar-refractivity contribution >= 4 is 17.5 Å². The number of piperidine rings is 1. The molecule has 0 saturated carbocycles. The molecule has 1 saturated heterocycles. The van der Waals surface area contributed by atoms with Gasteiger partial charge in [0, 0.05) is 30.8 Å². The smallest absolute Gasteiger partial charge is 0.251 e. The van der Waals surface area contributed by atoms with Crippen LogP contribution in [0.3, 0.4) is 0 Å². The molecule has 130 valence electrons. The van der Waals surface area contributed by atoms with E-state index in [1.807, 2.05) is 6.07 Å². The molecule has 1 unspecified atom stereocenters. The third-order valence-electron chi connectivity index (χ3n) is 4.19. The van der Waals surface area contributed by atoms with Crippen LogP contribution >= 0.6 is 0 Å². The molecule has 0 radical (unpaired) electrons. The fourth-order valence-corrected chi connectivity index (χ4v) is 3.06. The molecule has 0 aliphatic carbocycles. The van der Waals surface area contributed by atoms with Crippen molar-refractivity contribution in [3.05, 3.63) is 59.9 Å². The van der Waals surface area contributed by atoms with Gasteiger partial charge in [-0.3, -0.25) is 9.59 Å². The molecule has 0 bridgehead atoms. The van der Waals surface area contributed by atoms with Gasteiger partial charge in [0.15, 0.2) is 0 Å². The van der Waals surface area contributed by atoms with Crippen molar-refractivity contribution in [3.8, 4) is 5.75 Å². The number of carbonyl (C=O) groups excluding carboxylic acids is 2. The number of nitrogens with zero attached hydrogens (tertiary/aromatic N) is 1. The van der Waals surface area contributed by atoms with Crippen molar-refractivity contribution in [3.63, 3.8) is 0 Å². The first kappa shape index (κ1) is 17.0. The van der Waals surface area contributed by atoms with Gasteiger partial charge in [-0.25, -0.2) is 4.39 Å². The zero-order chi connectivity index (χ0) is 17.8. The van der Waals surface area contributed by atoms with Crippen LogP contribution in [0.4, 0.5) is 10.1 Å². The zero-order valence-corrected chi connectivity index (χ0v) is 13.6. The first-order valence-electron chi connectivity index (χ1n) is 8.19. The van der Waals surface area contributed by atoms with Crippen LogP contribution in [0, 0.1) is 5.82 Å². The van der Waals surface area contributed by atoms with E-state index in [1.54, 1.807) is 29.2 Å². The van der Waals surface area contributed by atoms with Gasteiger partial charge in [-0.05, 0) is 24.5 Å². The second-order valence-corrected chi connectivity index (χ2v) is 6.04. The van der Waals surface area contributed by atoms with Gasteiger partial charge in [-0.1, -0.05) is 30.3 Å². The van der Waals surface area contributed by atoms with E-state index in [2.05, 4.69) is 5.32 Å². The van der Waals surface area contributed by atoms with Crippen LogP contribution in [-0.2, 0) is 9.59 Å². The second kappa shape index (κ2) is 7.34. The highest BCUT2D eigenvalue weighted by atomic mass is 19.1. The Morgan fingerprint density at radius 3 is 2.60 bits per heavy atom. The van der Waals surface area contributed by atoms with Crippen molar-refractivity contribution in [2.75, 3.05) is 11.9 Å². The lowest BCUT2D eigenvalue weighted by molar-refractivity contribution is -0.141. The Morgan fingerprint density at radius 1 is 1.16 bits per heavy atom. The van der Waals surface area contributed by atoms with E-state index >= 15 is 0 Å². The summed E-state index contributed by atoms with van der Waals surface area (Å²) in [7, 11) is 0. The van der Waals surface area contributed by atoms with Crippen LogP contribution in [0.25, 0.3) is 0 Å². The SMILES string of the molecule is O=C(Nc1cc(O)cc(F)c1)C(c1ccccc1)N1CCCCC1=O. The fraction of sp³-hybridized carbons (Fsp3) is 0.263. The standard InChI is InChI=1S/C19H19FN2O3/c20-14-10-15(12-16(23)11-14)21-19(25)18(13-6-2-1-3-7-13)22-9-5-4-8-17(22)24/h1-3,6-7,10-12,18,23H,4-5,8-9H2,(H,21,25). The number of hydrogen-bond acceptors (Lipinski definition) is 3. The average Bonchev–Trinajstić information content (AvgIpc) is 2.57. The number of phenols is 1. The molecule has 1 fully saturated rings. The first-order chi connectivity index (χ1) is 12.0. The van der Waals surface area contributed by atoms with Crippen LogP contribution in [-0.4, -0.2) is 28.4 Å². The van der Waals surface area contributed by atoms with Crippen LogP contribution in [0.1, 0.15) is 30.9 Å². The summed E-state index contributed by atoms with van der Waals surface area (Å²) in [6, 6.07) is 11.6. The molecule has 2 aromatic carbocycles. The summed E-state index contributed by atoms with van der Waals surface area (Å²) >= 11 is 0. The summed E-state index contributed by atoms with van der Waals surface area (Å²) in [5, 5.41) is 12.1. The predicted octanol–water partition coefficient (Wildman–Crippen LogP) is 3.22. The van der Waals surface area contributed by atoms with Crippen LogP contribution in [0.2, 0.25) is 0 Å². The van der Waals surface area contributed by atoms with Crippen molar-refractivity contribution in [2.24, 2.45) is 0 Å². The Balaban J connectivity index is 1.90. The number of carbonyl (C=O) groups is 2. The highest BCUT2D eigenvalue weighted by Gasteiger charge is 2.32. The summed E-state index contributed by atoms with van der Waals surface area (Å²) in [6.07, 6.45) is 2.07. The Labute approximate surface area is 145 Å². The third-order valence-corrected chi connectivity index (χ3v) is 4.19. The van der Waals surface area contributed by atoms with E-state index in [-0.39, 0.29) is 17.3 Å². The van der Waals surface area contributed by atoms with Crippen molar-refractivity contribution < 1.29 is 19.1 Å². The summed E-state index contributed by atoms with van der Waals surface area (Å²) < 4.78 is 13.4. The number of rotatable bonds is 4. The summed E-state index contributed by atoms with van der Waals surface area (Å²) in [5.41, 5.74) is 0.837. The molecule has 2 amide bonds. The molecule has 25 heavy (non-hydrogen) atoms. The van der Waals surface area contributed by atoms with Gasteiger partial charge in [0.1, 0.15) is 17.6 Å². The molecular weight excluding hydrogens is 323 g/mol. The normalized spacial score (nSPS) is 15.7. The predicted molar refractivity (Wildman–Crippen MR) is 91.4 cm³/mol. The number of anilines is 1. The van der Waals surface area contributed by atoms with Gasteiger partial charge in [0.25, 0.3) is 5.91 Å². The van der Waals surface area contributed by atoms with Gasteiger partial charge < -0.3 is 15.3 Å². The number of amides is 2. The number of nitrogens with one attached hydrogen (secondary N) is 1. The molecule has 2 aromatic rings. The number of benzene rings is 2. The Kier molecular flexibility index (Phi) is 4.97. The van der Waals surface area contributed by atoms with E-state index in [1.165, 1.54) is 6.07 Å². The van der Waals surface area contributed by atoms with Crippen molar-refractivity contribution in [2.45, 2.75) is 25.3 Å². The average molecular weight is 342 g/mol. The monoisotopic (exact) mass is 342 g/mol. The summed E-state index contributed by atoms with van der Waals surface area (Å²) in [6.45, 7) is 0.500. The number of likely N-dealkylation sites (tertiary alicyclic amines) is 1. The van der Waals surface area contributed by atoms with Gasteiger partial charge >= 0.3 is 0 Å². The molecule has 1 atom stereocenters. The Morgan fingerprint density at radius 2 is 1.92 bits per heavy atom.